The molecule has 0 saturated heterocycles. The Morgan fingerprint density at radius 2 is 1.61 bits per heavy atom. The third kappa shape index (κ3) is 2.55. The second kappa shape index (κ2) is 5.63. The van der Waals surface area contributed by atoms with Gasteiger partial charge in [-0.1, -0.05) is 35.4 Å². The molecule has 2 amide bonds. The summed E-state index contributed by atoms with van der Waals surface area (Å²) >= 11 is 6.14. The van der Waals surface area contributed by atoms with Crippen LogP contribution >= 0.6 is 11.6 Å². The molecule has 0 atom stereocenters. The zero-order chi connectivity index (χ0) is 16.7. The molecular weight excluding hydrogens is 317 g/mol. The van der Waals surface area contributed by atoms with Crippen molar-refractivity contribution in [1.82, 2.24) is 0 Å². The third-order valence-corrected chi connectivity index (χ3v) is 4.11. The minimum atomic E-state index is -0.599. The number of carbonyl (C=O) groups is 2. The van der Waals surface area contributed by atoms with E-state index in [9.17, 15) is 14.0 Å². The van der Waals surface area contributed by atoms with E-state index in [0.717, 1.165) is 16.0 Å². The molecule has 5 heteroatoms. The van der Waals surface area contributed by atoms with Crippen LogP contribution in [0.5, 0.6) is 0 Å². The number of anilines is 1. The molecule has 1 aliphatic heterocycles. The molecule has 116 valence electrons. The Bertz CT molecular complexity index is 856. The van der Waals surface area contributed by atoms with Gasteiger partial charge in [0, 0.05) is 0 Å². The number of hydrogen-bond acceptors (Lipinski definition) is 2. The van der Waals surface area contributed by atoms with Gasteiger partial charge >= 0.3 is 0 Å². The van der Waals surface area contributed by atoms with Crippen LogP contribution in [0.2, 0.25) is 0 Å². The fraction of sp³-hybridized carbons (Fsp3) is 0.111. The van der Waals surface area contributed by atoms with Crippen LogP contribution in [0.4, 0.5) is 10.1 Å². The highest BCUT2D eigenvalue weighted by Gasteiger charge is 2.39. The van der Waals surface area contributed by atoms with Gasteiger partial charge in [0.05, 0.1) is 11.3 Å². The first-order valence-electron chi connectivity index (χ1n) is 7.02. The van der Waals surface area contributed by atoms with Gasteiger partial charge in [-0.2, -0.15) is 0 Å². The van der Waals surface area contributed by atoms with Crippen LogP contribution in [-0.4, -0.2) is 11.8 Å². The normalized spacial score (nSPS) is 14.9. The Labute approximate surface area is 138 Å². The van der Waals surface area contributed by atoms with E-state index in [1.165, 1.54) is 24.3 Å². The Balaban J connectivity index is 2.08. The molecule has 2 aromatic carbocycles. The molecule has 0 saturated carbocycles. The standard InChI is InChI=1S/C18H13ClFNO2/c1-10-3-8-14(11(2)9-10)15-16(19)18(23)21(17(15)22)13-6-4-12(20)5-7-13/h3-9H,1-2H3. The van der Waals surface area contributed by atoms with Gasteiger partial charge in [-0.25, -0.2) is 9.29 Å². The summed E-state index contributed by atoms with van der Waals surface area (Å²) in [5, 5.41) is -0.119. The molecule has 1 aliphatic rings. The number of hydrogen-bond donors (Lipinski definition) is 0. The van der Waals surface area contributed by atoms with Crippen LogP contribution in [0.1, 0.15) is 16.7 Å². The summed E-state index contributed by atoms with van der Waals surface area (Å²) < 4.78 is 13.1. The number of rotatable bonds is 2. The van der Waals surface area contributed by atoms with E-state index in [0.29, 0.717) is 11.3 Å². The largest absolute Gasteiger partial charge is 0.277 e. The molecule has 2 aromatic rings. The van der Waals surface area contributed by atoms with E-state index in [1.54, 1.807) is 6.07 Å². The first kappa shape index (κ1) is 15.4. The smallest absolute Gasteiger partial charge is 0.268 e. The summed E-state index contributed by atoms with van der Waals surface area (Å²) in [5.74, 6) is -1.54. The van der Waals surface area contributed by atoms with E-state index in [-0.39, 0.29) is 10.6 Å². The summed E-state index contributed by atoms with van der Waals surface area (Å²) in [6, 6.07) is 10.7. The third-order valence-electron chi connectivity index (χ3n) is 3.76. The maximum Gasteiger partial charge on any atom is 0.277 e. The topological polar surface area (TPSA) is 37.4 Å². The first-order valence-corrected chi connectivity index (χ1v) is 7.39. The van der Waals surface area contributed by atoms with Crippen LogP contribution in [-0.2, 0) is 9.59 Å². The second-order valence-electron chi connectivity index (χ2n) is 5.43. The van der Waals surface area contributed by atoms with E-state index in [1.807, 2.05) is 26.0 Å². The van der Waals surface area contributed by atoms with Crippen LogP contribution in [0, 0.1) is 19.7 Å². The average molecular weight is 330 g/mol. The van der Waals surface area contributed by atoms with Crippen LogP contribution in [0.15, 0.2) is 47.5 Å². The second-order valence-corrected chi connectivity index (χ2v) is 5.81. The molecule has 3 nitrogen and oxygen atoms in total. The molecule has 0 aromatic heterocycles. The van der Waals surface area contributed by atoms with Gasteiger partial charge in [0.2, 0.25) is 0 Å². The van der Waals surface area contributed by atoms with E-state index < -0.39 is 17.6 Å². The van der Waals surface area contributed by atoms with Gasteiger partial charge in [-0.15, -0.1) is 0 Å². The molecular formula is C18H13ClFNO2. The Hall–Kier alpha value is -2.46. The minimum absolute atomic E-state index is 0.119. The summed E-state index contributed by atoms with van der Waals surface area (Å²) in [6.07, 6.45) is 0. The highest BCUT2D eigenvalue weighted by atomic mass is 35.5. The lowest BCUT2D eigenvalue weighted by Gasteiger charge is -2.15. The molecule has 0 bridgehead atoms. The van der Waals surface area contributed by atoms with Crippen molar-refractivity contribution in [1.29, 1.82) is 0 Å². The predicted molar refractivity (Wildman–Crippen MR) is 87.6 cm³/mol. The lowest BCUT2D eigenvalue weighted by molar-refractivity contribution is -0.119. The molecule has 23 heavy (non-hydrogen) atoms. The molecule has 0 fully saturated rings. The van der Waals surface area contributed by atoms with Gasteiger partial charge in [-0.05, 0) is 49.2 Å². The fourth-order valence-corrected chi connectivity index (χ4v) is 2.92. The fourth-order valence-electron chi connectivity index (χ4n) is 2.66. The van der Waals surface area contributed by atoms with Crippen molar-refractivity contribution in [3.05, 3.63) is 70.0 Å². The van der Waals surface area contributed by atoms with Crippen molar-refractivity contribution in [3.8, 4) is 0 Å². The molecule has 0 aliphatic carbocycles. The number of amides is 2. The van der Waals surface area contributed by atoms with Crippen molar-refractivity contribution >= 4 is 34.7 Å². The zero-order valence-electron chi connectivity index (χ0n) is 12.6. The van der Waals surface area contributed by atoms with Crippen molar-refractivity contribution in [2.24, 2.45) is 0 Å². The first-order chi connectivity index (χ1) is 10.9. The van der Waals surface area contributed by atoms with E-state index >= 15 is 0 Å². The highest BCUT2D eigenvalue weighted by Crippen LogP contribution is 2.36. The van der Waals surface area contributed by atoms with Crippen LogP contribution < -0.4 is 4.90 Å². The summed E-state index contributed by atoms with van der Waals surface area (Å²) in [5.41, 5.74) is 3.01. The Morgan fingerprint density at radius 3 is 2.22 bits per heavy atom. The molecule has 0 unspecified atom stereocenters. The monoisotopic (exact) mass is 329 g/mol. The average Bonchev–Trinajstić information content (AvgIpc) is 2.72. The summed E-state index contributed by atoms with van der Waals surface area (Å²) in [4.78, 5) is 26.1. The van der Waals surface area contributed by atoms with Gasteiger partial charge in [-0.3, -0.25) is 9.59 Å². The molecule has 1 heterocycles. The Morgan fingerprint density at radius 1 is 0.957 bits per heavy atom. The number of benzene rings is 2. The van der Waals surface area contributed by atoms with Crippen molar-refractivity contribution in [2.45, 2.75) is 13.8 Å². The molecule has 0 spiro atoms. The molecule has 0 N–H and O–H groups in total. The summed E-state index contributed by atoms with van der Waals surface area (Å²) in [7, 11) is 0. The van der Waals surface area contributed by atoms with Gasteiger partial charge in [0.25, 0.3) is 11.8 Å². The van der Waals surface area contributed by atoms with Crippen molar-refractivity contribution in [2.75, 3.05) is 4.90 Å². The SMILES string of the molecule is Cc1ccc(C2=C(Cl)C(=O)N(c3ccc(F)cc3)C2=O)c(C)c1. The quantitative estimate of drug-likeness (QED) is 0.782. The number of nitrogens with zero attached hydrogens (tertiary/aromatic N) is 1. The highest BCUT2D eigenvalue weighted by molar-refractivity contribution is 6.60. The van der Waals surface area contributed by atoms with E-state index in [4.69, 9.17) is 11.6 Å². The molecule has 3 rings (SSSR count). The number of halogens is 2. The Kier molecular flexibility index (Phi) is 3.78. The minimum Gasteiger partial charge on any atom is -0.268 e. The number of aryl methyl sites for hydroxylation is 2. The zero-order valence-corrected chi connectivity index (χ0v) is 13.3. The lowest BCUT2D eigenvalue weighted by Crippen LogP contribution is -2.31. The maximum absolute atomic E-state index is 13.1. The maximum atomic E-state index is 13.1. The van der Waals surface area contributed by atoms with Crippen LogP contribution in [0.25, 0.3) is 5.57 Å². The van der Waals surface area contributed by atoms with Crippen molar-refractivity contribution in [3.63, 3.8) is 0 Å². The number of carbonyl (C=O) groups excluding carboxylic acids is 2. The van der Waals surface area contributed by atoms with Crippen LogP contribution in [0.3, 0.4) is 0 Å². The lowest BCUT2D eigenvalue weighted by atomic mass is 9.99. The van der Waals surface area contributed by atoms with Crippen molar-refractivity contribution < 1.29 is 14.0 Å². The molecule has 0 radical (unpaired) electrons. The van der Waals surface area contributed by atoms with E-state index in [2.05, 4.69) is 0 Å². The summed E-state index contributed by atoms with van der Waals surface area (Å²) in [6.45, 7) is 3.80. The predicted octanol–water partition coefficient (Wildman–Crippen LogP) is 3.97. The number of imide groups is 1. The van der Waals surface area contributed by atoms with Gasteiger partial charge < -0.3 is 0 Å². The van der Waals surface area contributed by atoms with Gasteiger partial charge in [0.1, 0.15) is 10.8 Å². The van der Waals surface area contributed by atoms with Gasteiger partial charge in [0.15, 0.2) is 0 Å².